The zero-order chi connectivity index (χ0) is 24.7. The number of phenolic OH excluding ortho intramolecular Hbond substituents is 1. The number of aromatic hydroxyl groups is 2. The van der Waals surface area contributed by atoms with Crippen molar-refractivity contribution in [2.75, 3.05) is 27.4 Å². The number of rotatable bonds is 11. The van der Waals surface area contributed by atoms with Gasteiger partial charge in [-0.25, -0.2) is 0 Å². The number of benzene rings is 1. The van der Waals surface area contributed by atoms with Crippen LogP contribution in [0.5, 0.6) is 17.2 Å². The van der Waals surface area contributed by atoms with Crippen molar-refractivity contribution in [1.82, 2.24) is 15.5 Å². The van der Waals surface area contributed by atoms with Crippen LogP contribution in [0.3, 0.4) is 0 Å². The fourth-order valence-electron chi connectivity index (χ4n) is 3.39. The fraction of sp³-hybridized carbons (Fsp3) is 0.391. The van der Waals surface area contributed by atoms with Gasteiger partial charge >= 0.3 is 0 Å². The summed E-state index contributed by atoms with van der Waals surface area (Å²) in [4.78, 5) is 29.1. The monoisotopic (exact) mass is 473 g/mol. The van der Waals surface area contributed by atoms with Crippen molar-refractivity contribution in [2.45, 2.75) is 32.1 Å². The third-order valence-corrected chi connectivity index (χ3v) is 5.09. The Bertz CT molecular complexity index is 1190. The normalized spacial score (nSPS) is 11.9. The van der Waals surface area contributed by atoms with Gasteiger partial charge in [0.15, 0.2) is 23.1 Å². The van der Waals surface area contributed by atoms with Crippen LogP contribution in [0.1, 0.15) is 41.1 Å². The minimum atomic E-state index is -0.814. The summed E-state index contributed by atoms with van der Waals surface area (Å²) in [5.41, 5.74) is -0.107. The van der Waals surface area contributed by atoms with Crippen LogP contribution < -0.4 is 15.5 Å². The van der Waals surface area contributed by atoms with Crippen LogP contribution in [-0.4, -0.2) is 53.6 Å². The van der Waals surface area contributed by atoms with Gasteiger partial charge in [0.05, 0.1) is 19.6 Å². The Kier molecular flexibility index (Phi) is 8.25. The lowest BCUT2D eigenvalue weighted by molar-refractivity contribution is -0.121. The van der Waals surface area contributed by atoms with E-state index in [1.165, 1.54) is 25.3 Å². The summed E-state index contributed by atoms with van der Waals surface area (Å²) < 4.78 is 20.9. The van der Waals surface area contributed by atoms with E-state index in [-0.39, 0.29) is 41.9 Å². The number of aromatic nitrogens is 2. The number of carbonyl (C=O) groups excluding carboxylic acids is 1. The Morgan fingerprint density at radius 3 is 2.74 bits per heavy atom. The van der Waals surface area contributed by atoms with Gasteiger partial charge < -0.3 is 33.9 Å². The number of amides is 1. The van der Waals surface area contributed by atoms with Crippen molar-refractivity contribution in [2.24, 2.45) is 0 Å². The zero-order valence-electron chi connectivity index (χ0n) is 19.2. The van der Waals surface area contributed by atoms with E-state index in [1.807, 2.05) is 0 Å². The van der Waals surface area contributed by atoms with Crippen molar-refractivity contribution < 1.29 is 33.4 Å². The molecule has 3 rings (SSSR count). The lowest BCUT2D eigenvalue weighted by atomic mass is 9.91. The van der Waals surface area contributed by atoms with Crippen molar-refractivity contribution in [3.05, 3.63) is 63.3 Å². The third kappa shape index (κ3) is 6.13. The number of carbonyl (C=O) groups is 1. The molecule has 1 amide bonds. The number of nitrogens with one attached hydrogen (secondary N) is 1. The minimum Gasteiger partial charge on any atom is -0.504 e. The number of hydrogen-bond acceptors (Lipinski definition) is 10. The second-order valence-electron chi connectivity index (χ2n) is 7.57. The van der Waals surface area contributed by atoms with Crippen LogP contribution in [-0.2, 0) is 22.4 Å². The van der Waals surface area contributed by atoms with Crippen LogP contribution in [0.2, 0.25) is 0 Å². The van der Waals surface area contributed by atoms with E-state index in [2.05, 4.69) is 15.5 Å². The van der Waals surface area contributed by atoms with E-state index in [1.54, 1.807) is 20.1 Å². The van der Waals surface area contributed by atoms with Gasteiger partial charge in [-0.3, -0.25) is 9.59 Å². The number of hydrogen-bond donors (Lipinski definition) is 3. The molecule has 0 saturated heterocycles. The summed E-state index contributed by atoms with van der Waals surface area (Å²) in [5, 5.41) is 26.9. The number of aryl methyl sites for hydroxylation is 1. The predicted octanol–water partition coefficient (Wildman–Crippen LogP) is 1.82. The fourth-order valence-corrected chi connectivity index (χ4v) is 3.39. The molecule has 2 aromatic heterocycles. The Morgan fingerprint density at radius 1 is 1.21 bits per heavy atom. The van der Waals surface area contributed by atoms with Gasteiger partial charge in [-0.2, -0.15) is 4.98 Å². The third-order valence-electron chi connectivity index (χ3n) is 5.09. The zero-order valence-corrected chi connectivity index (χ0v) is 19.2. The molecule has 0 radical (unpaired) electrons. The predicted molar refractivity (Wildman–Crippen MR) is 119 cm³/mol. The number of methoxy groups -OCH3 is 2. The Morgan fingerprint density at radius 2 is 2.00 bits per heavy atom. The Balaban J connectivity index is 1.76. The van der Waals surface area contributed by atoms with Crippen LogP contribution in [0.25, 0.3) is 0 Å². The molecule has 0 saturated carbocycles. The van der Waals surface area contributed by atoms with Gasteiger partial charge in [0, 0.05) is 39.0 Å². The van der Waals surface area contributed by atoms with Crippen LogP contribution in [0.15, 0.2) is 38.0 Å². The lowest BCUT2D eigenvalue weighted by Crippen LogP contribution is -2.27. The van der Waals surface area contributed by atoms with E-state index in [4.69, 9.17) is 18.4 Å². The maximum atomic E-state index is 12.8. The highest BCUT2D eigenvalue weighted by Gasteiger charge is 2.26. The molecule has 2 heterocycles. The van der Waals surface area contributed by atoms with E-state index in [9.17, 15) is 19.8 Å². The Hall–Kier alpha value is -3.86. The first kappa shape index (κ1) is 24.8. The molecule has 1 atom stereocenters. The molecular formula is C23H27N3O8. The van der Waals surface area contributed by atoms with Crippen molar-refractivity contribution in [1.29, 1.82) is 0 Å². The molecular weight excluding hydrogens is 446 g/mol. The quantitative estimate of drug-likeness (QED) is 0.375. The van der Waals surface area contributed by atoms with Crippen LogP contribution >= 0.6 is 0 Å². The number of phenols is 1. The van der Waals surface area contributed by atoms with Crippen molar-refractivity contribution >= 4 is 5.91 Å². The number of ether oxygens (including phenoxy) is 2. The molecule has 34 heavy (non-hydrogen) atoms. The maximum Gasteiger partial charge on any atom is 0.228 e. The van der Waals surface area contributed by atoms with Crippen LogP contribution in [0.4, 0.5) is 0 Å². The molecule has 0 aliphatic carbocycles. The van der Waals surface area contributed by atoms with E-state index < -0.39 is 17.1 Å². The minimum absolute atomic E-state index is 0.0485. The smallest absolute Gasteiger partial charge is 0.228 e. The molecule has 182 valence electrons. The highest BCUT2D eigenvalue weighted by Crippen LogP contribution is 2.37. The highest BCUT2D eigenvalue weighted by atomic mass is 16.5. The molecule has 1 aromatic carbocycles. The summed E-state index contributed by atoms with van der Waals surface area (Å²) in [6.45, 7) is 2.28. The average Bonchev–Trinajstić information content (AvgIpc) is 3.26. The summed E-state index contributed by atoms with van der Waals surface area (Å²) in [5.74, 6) is -0.521. The van der Waals surface area contributed by atoms with Crippen LogP contribution in [0, 0.1) is 6.92 Å². The molecule has 11 nitrogen and oxygen atoms in total. The largest absolute Gasteiger partial charge is 0.504 e. The van der Waals surface area contributed by atoms with Crippen molar-refractivity contribution in [3.8, 4) is 17.2 Å². The number of nitrogens with zero attached hydrogens (tertiary/aromatic N) is 2. The van der Waals surface area contributed by atoms with Gasteiger partial charge in [0.1, 0.15) is 5.76 Å². The van der Waals surface area contributed by atoms with Gasteiger partial charge in [-0.15, -0.1) is 0 Å². The molecule has 0 aliphatic rings. The highest BCUT2D eigenvalue weighted by molar-refractivity contribution is 5.77. The first-order valence-corrected chi connectivity index (χ1v) is 10.6. The van der Waals surface area contributed by atoms with E-state index in [0.717, 1.165) is 0 Å². The molecule has 3 aromatic rings. The molecule has 3 N–H and O–H groups in total. The molecule has 11 heteroatoms. The molecule has 0 bridgehead atoms. The lowest BCUT2D eigenvalue weighted by Gasteiger charge is -2.18. The first-order chi connectivity index (χ1) is 16.3. The summed E-state index contributed by atoms with van der Waals surface area (Å²) in [6, 6.07) is 5.66. The van der Waals surface area contributed by atoms with Crippen molar-refractivity contribution in [3.63, 3.8) is 0 Å². The van der Waals surface area contributed by atoms with Gasteiger partial charge in [-0.05, 0) is 24.6 Å². The maximum absolute atomic E-state index is 12.8. The van der Waals surface area contributed by atoms with E-state index >= 15 is 0 Å². The molecule has 0 fully saturated rings. The first-order valence-electron chi connectivity index (χ1n) is 10.6. The second-order valence-corrected chi connectivity index (χ2v) is 7.57. The summed E-state index contributed by atoms with van der Waals surface area (Å²) in [6.07, 6.45) is 0.709. The summed E-state index contributed by atoms with van der Waals surface area (Å²) >= 11 is 0. The topological polar surface area (TPSA) is 157 Å². The molecule has 0 spiro atoms. The van der Waals surface area contributed by atoms with Gasteiger partial charge in [0.2, 0.25) is 23.0 Å². The SMILES string of the molecule is COCCc1noc(CCNC(=O)CC(c2ccc(O)c(OC)c2)c2oc(C)cc(=O)c2O)n1. The molecule has 0 aliphatic heterocycles. The molecule has 1 unspecified atom stereocenters. The second kappa shape index (κ2) is 11.3. The average molecular weight is 473 g/mol. The van der Waals surface area contributed by atoms with E-state index in [0.29, 0.717) is 36.7 Å². The summed E-state index contributed by atoms with van der Waals surface area (Å²) in [7, 11) is 2.97. The standard InChI is InChI=1S/C23H27N3O8/c1-13-10-17(28)22(30)23(33-13)15(14-4-5-16(27)18(11-14)32-3)12-20(29)24-8-6-21-25-19(26-34-21)7-9-31-2/h4-5,10-11,15,27,30H,6-9,12H2,1-3H3,(H,24,29). The van der Waals surface area contributed by atoms with Gasteiger partial charge in [0.25, 0.3) is 0 Å². The van der Waals surface area contributed by atoms with Gasteiger partial charge in [-0.1, -0.05) is 11.2 Å². The Labute approximate surface area is 195 Å².